The molecule has 11 heavy (non-hydrogen) atoms. The van der Waals surface area contributed by atoms with Crippen LogP contribution in [0.25, 0.3) is 0 Å². The Balaban J connectivity index is 2.27. The van der Waals surface area contributed by atoms with Crippen LogP contribution >= 0.6 is 0 Å². The molecular formula is C8H13O3. The molecule has 0 atom stereocenters. The van der Waals surface area contributed by atoms with E-state index in [9.17, 15) is 4.79 Å². The Kier molecular flexibility index (Phi) is 3.36. The van der Waals surface area contributed by atoms with Gasteiger partial charge in [0.15, 0.2) is 0 Å². The molecule has 1 aliphatic rings. The molecule has 63 valence electrons. The standard InChI is InChI=1S/C8H13O3/c1-2-11-8(9)7-3-5-10-6-4-7/h7H,1-6H2. The lowest BCUT2D eigenvalue weighted by Crippen LogP contribution is -2.25. The maximum absolute atomic E-state index is 11.1. The number of hydrogen-bond donors (Lipinski definition) is 0. The van der Waals surface area contributed by atoms with Gasteiger partial charge in [-0.25, -0.2) is 0 Å². The van der Waals surface area contributed by atoms with Crippen molar-refractivity contribution >= 4 is 5.97 Å². The molecule has 0 aromatic rings. The second-order valence-corrected chi connectivity index (χ2v) is 2.55. The van der Waals surface area contributed by atoms with Crippen LogP contribution in [0.1, 0.15) is 12.8 Å². The van der Waals surface area contributed by atoms with Crippen molar-refractivity contribution in [3.8, 4) is 0 Å². The summed E-state index contributed by atoms with van der Waals surface area (Å²) in [6, 6.07) is 0. The number of carbonyl (C=O) groups is 1. The third-order valence-electron chi connectivity index (χ3n) is 1.80. The first-order valence-corrected chi connectivity index (χ1v) is 3.88. The van der Waals surface area contributed by atoms with Crippen molar-refractivity contribution in [3.63, 3.8) is 0 Å². The van der Waals surface area contributed by atoms with Crippen LogP contribution in [0.5, 0.6) is 0 Å². The van der Waals surface area contributed by atoms with Crippen LogP contribution in [-0.4, -0.2) is 25.8 Å². The Bertz CT molecular complexity index is 127. The molecule has 0 saturated carbocycles. The molecule has 0 aromatic carbocycles. The number of esters is 1. The maximum Gasteiger partial charge on any atom is 0.309 e. The molecule has 0 unspecified atom stereocenters. The van der Waals surface area contributed by atoms with Crippen LogP contribution in [0.3, 0.4) is 0 Å². The molecule has 3 heteroatoms. The van der Waals surface area contributed by atoms with E-state index in [1.165, 1.54) is 0 Å². The van der Waals surface area contributed by atoms with Crippen LogP contribution in [0, 0.1) is 12.8 Å². The molecule has 0 bridgehead atoms. The van der Waals surface area contributed by atoms with Gasteiger partial charge < -0.3 is 9.47 Å². The molecule has 0 spiro atoms. The minimum absolute atomic E-state index is 0.0468. The fraction of sp³-hybridized carbons (Fsp3) is 0.750. The van der Waals surface area contributed by atoms with Gasteiger partial charge in [0.25, 0.3) is 0 Å². The first kappa shape index (κ1) is 8.53. The summed E-state index contributed by atoms with van der Waals surface area (Å²) >= 11 is 0. The Morgan fingerprint density at radius 2 is 2.18 bits per heavy atom. The van der Waals surface area contributed by atoms with E-state index in [1.54, 1.807) is 0 Å². The van der Waals surface area contributed by atoms with Crippen LogP contribution in [0.2, 0.25) is 0 Å². The van der Waals surface area contributed by atoms with Crippen LogP contribution in [0.15, 0.2) is 0 Å². The fourth-order valence-electron chi connectivity index (χ4n) is 1.15. The molecular weight excluding hydrogens is 144 g/mol. The lowest BCUT2D eigenvalue weighted by molar-refractivity contribution is -0.150. The van der Waals surface area contributed by atoms with Crippen molar-refractivity contribution in [1.29, 1.82) is 0 Å². The summed E-state index contributed by atoms with van der Waals surface area (Å²) in [5, 5.41) is 0. The summed E-state index contributed by atoms with van der Waals surface area (Å²) in [5.41, 5.74) is 0. The molecule has 1 rings (SSSR count). The molecule has 0 aromatic heterocycles. The number of hydrogen-bond acceptors (Lipinski definition) is 3. The SMILES string of the molecule is [CH2]COC(=O)C1CCOCC1. The van der Waals surface area contributed by atoms with Crippen molar-refractivity contribution in [2.75, 3.05) is 19.8 Å². The van der Waals surface area contributed by atoms with Crippen molar-refractivity contribution in [3.05, 3.63) is 6.92 Å². The quantitative estimate of drug-likeness (QED) is 0.556. The lowest BCUT2D eigenvalue weighted by Gasteiger charge is -2.19. The molecule has 1 radical (unpaired) electrons. The van der Waals surface area contributed by atoms with E-state index in [1.807, 2.05) is 0 Å². The van der Waals surface area contributed by atoms with Gasteiger partial charge in [-0.15, -0.1) is 0 Å². The Morgan fingerprint density at radius 1 is 1.55 bits per heavy atom. The summed E-state index contributed by atoms with van der Waals surface area (Å²) in [5.74, 6) is -0.0752. The summed E-state index contributed by atoms with van der Waals surface area (Å²) in [6.07, 6.45) is 1.58. The highest BCUT2D eigenvalue weighted by atomic mass is 16.5. The molecule has 0 amide bonds. The average molecular weight is 157 g/mol. The molecule has 1 saturated heterocycles. The number of carbonyl (C=O) groups excluding carboxylic acids is 1. The van der Waals surface area contributed by atoms with Gasteiger partial charge in [0.05, 0.1) is 12.5 Å². The molecule has 1 fully saturated rings. The lowest BCUT2D eigenvalue weighted by atomic mass is 10.0. The topological polar surface area (TPSA) is 35.5 Å². The van der Waals surface area contributed by atoms with Gasteiger partial charge in [0.2, 0.25) is 0 Å². The second kappa shape index (κ2) is 4.34. The van der Waals surface area contributed by atoms with Crippen LogP contribution in [0.4, 0.5) is 0 Å². The van der Waals surface area contributed by atoms with E-state index in [4.69, 9.17) is 9.47 Å². The Labute approximate surface area is 66.7 Å². The van der Waals surface area contributed by atoms with Gasteiger partial charge >= 0.3 is 5.97 Å². The zero-order valence-corrected chi connectivity index (χ0v) is 6.54. The average Bonchev–Trinajstić information content (AvgIpc) is 2.07. The highest BCUT2D eigenvalue weighted by molar-refractivity contribution is 5.72. The van der Waals surface area contributed by atoms with Crippen molar-refractivity contribution in [2.45, 2.75) is 12.8 Å². The van der Waals surface area contributed by atoms with Gasteiger partial charge in [-0.3, -0.25) is 4.79 Å². The fourth-order valence-corrected chi connectivity index (χ4v) is 1.15. The van der Waals surface area contributed by atoms with Gasteiger partial charge in [0.1, 0.15) is 0 Å². The van der Waals surface area contributed by atoms with E-state index in [2.05, 4.69) is 6.92 Å². The predicted octanol–water partition coefficient (Wildman–Crippen LogP) is 0.790. The Morgan fingerprint density at radius 3 is 2.73 bits per heavy atom. The smallest absolute Gasteiger partial charge is 0.309 e. The maximum atomic E-state index is 11.1. The number of rotatable bonds is 2. The second-order valence-electron chi connectivity index (χ2n) is 2.55. The highest BCUT2D eigenvalue weighted by Crippen LogP contribution is 2.15. The van der Waals surface area contributed by atoms with Crippen molar-refractivity contribution < 1.29 is 14.3 Å². The van der Waals surface area contributed by atoms with E-state index in [0.717, 1.165) is 12.8 Å². The summed E-state index contributed by atoms with van der Waals surface area (Å²) in [4.78, 5) is 11.1. The van der Waals surface area contributed by atoms with Crippen LogP contribution in [-0.2, 0) is 14.3 Å². The first-order valence-electron chi connectivity index (χ1n) is 3.88. The van der Waals surface area contributed by atoms with E-state index in [-0.39, 0.29) is 18.5 Å². The van der Waals surface area contributed by atoms with E-state index >= 15 is 0 Å². The zero-order chi connectivity index (χ0) is 8.10. The first-order chi connectivity index (χ1) is 5.34. The van der Waals surface area contributed by atoms with Crippen molar-refractivity contribution in [2.24, 2.45) is 5.92 Å². The molecule has 0 N–H and O–H groups in total. The highest BCUT2D eigenvalue weighted by Gasteiger charge is 2.22. The zero-order valence-electron chi connectivity index (χ0n) is 6.54. The largest absolute Gasteiger partial charge is 0.465 e. The van der Waals surface area contributed by atoms with Gasteiger partial charge in [-0.2, -0.15) is 0 Å². The van der Waals surface area contributed by atoms with Gasteiger partial charge in [-0.05, 0) is 19.8 Å². The molecule has 1 aliphatic heterocycles. The number of ether oxygens (including phenoxy) is 2. The molecule has 0 aliphatic carbocycles. The molecule has 1 heterocycles. The van der Waals surface area contributed by atoms with Crippen molar-refractivity contribution in [1.82, 2.24) is 0 Å². The normalized spacial score (nSPS) is 19.7. The minimum atomic E-state index is -0.122. The summed E-state index contributed by atoms with van der Waals surface area (Å²) in [7, 11) is 0. The summed E-state index contributed by atoms with van der Waals surface area (Å²) in [6.45, 7) is 5.03. The third-order valence-corrected chi connectivity index (χ3v) is 1.80. The summed E-state index contributed by atoms with van der Waals surface area (Å²) < 4.78 is 9.88. The Hall–Kier alpha value is -0.570. The minimum Gasteiger partial charge on any atom is -0.465 e. The molecule has 3 nitrogen and oxygen atoms in total. The van der Waals surface area contributed by atoms with E-state index in [0.29, 0.717) is 13.2 Å². The van der Waals surface area contributed by atoms with Crippen LogP contribution < -0.4 is 0 Å². The monoisotopic (exact) mass is 157 g/mol. The third kappa shape index (κ3) is 2.50. The van der Waals surface area contributed by atoms with E-state index < -0.39 is 0 Å². The van der Waals surface area contributed by atoms with Gasteiger partial charge in [-0.1, -0.05) is 0 Å². The predicted molar refractivity (Wildman–Crippen MR) is 39.9 cm³/mol. The van der Waals surface area contributed by atoms with Gasteiger partial charge in [0, 0.05) is 13.2 Å².